The number of methoxy groups -OCH3 is 1. The second-order valence-corrected chi connectivity index (χ2v) is 6.78. The van der Waals surface area contributed by atoms with E-state index in [1.165, 1.54) is 6.92 Å². The number of rotatable bonds is 4. The molecule has 1 aromatic rings. The fraction of sp³-hybridized carbons (Fsp3) is 0.333. The average Bonchev–Trinajstić information content (AvgIpc) is 2.37. The summed E-state index contributed by atoms with van der Waals surface area (Å²) in [5.74, 6) is 0.364. The van der Waals surface area contributed by atoms with E-state index in [1.54, 1.807) is 31.4 Å². The first-order valence-electron chi connectivity index (χ1n) is 5.77. The Labute approximate surface area is 143 Å². The van der Waals surface area contributed by atoms with Crippen LogP contribution in [0.1, 0.15) is 6.92 Å². The highest BCUT2D eigenvalue weighted by Crippen LogP contribution is 2.29. The summed E-state index contributed by atoms with van der Waals surface area (Å²) in [6.07, 6.45) is -0.960. The number of thiocarbonyl (C=S) groups is 1. The van der Waals surface area contributed by atoms with Crippen LogP contribution < -0.4 is 20.7 Å². The fourth-order valence-electron chi connectivity index (χ4n) is 1.38. The van der Waals surface area contributed by atoms with Gasteiger partial charge in [0.2, 0.25) is 9.70 Å². The van der Waals surface area contributed by atoms with Crippen LogP contribution in [0.3, 0.4) is 0 Å². The third kappa shape index (κ3) is 6.56. The highest BCUT2D eigenvalue weighted by Gasteiger charge is 2.33. The van der Waals surface area contributed by atoms with Crippen molar-refractivity contribution >= 4 is 63.7 Å². The summed E-state index contributed by atoms with van der Waals surface area (Å²) in [6.45, 7) is 1.31. The predicted octanol–water partition coefficient (Wildman–Crippen LogP) is 2.81. The highest BCUT2D eigenvalue weighted by atomic mass is 35.6. The third-order valence-electron chi connectivity index (χ3n) is 2.30. The Balaban J connectivity index is 2.66. The van der Waals surface area contributed by atoms with Crippen molar-refractivity contribution in [3.05, 3.63) is 24.3 Å². The standard InChI is InChI=1S/C12H14Cl3N3O2S/c1-7(19)16-10(12(13,14)15)18-11(21)17-8-3-5-9(20-2)6-4-8/h3-6,10H,1-2H3,(H,16,19)(H2,17,18,21). The zero-order valence-corrected chi connectivity index (χ0v) is 14.3. The van der Waals surface area contributed by atoms with Gasteiger partial charge in [0.25, 0.3) is 0 Å². The van der Waals surface area contributed by atoms with Gasteiger partial charge in [0.05, 0.1) is 7.11 Å². The molecule has 1 amide bonds. The lowest BCUT2D eigenvalue weighted by Gasteiger charge is -2.27. The van der Waals surface area contributed by atoms with Crippen LogP contribution in [0, 0.1) is 0 Å². The molecule has 1 rings (SSSR count). The maximum absolute atomic E-state index is 11.1. The van der Waals surface area contributed by atoms with E-state index < -0.39 is 9.96 Å². The smallest absolute Gasteiger partial charge is 0.228 e. The first-order valence-corrected chi connectivity index (χ1v) is 7.32. The number of anilines is 1. The molecular weight excluding hydrogens is 357 g/mol. The molecule has 1 atom stereocenters. The van der Waals surface area contributed by atoms with Crippen LogP contribution >= 0.6 is 47.0 Å². The summed E-state index contributed by atoms with van der Waals surface area (Å²) in [7, 11) is 1.58. The molecule has 0 saturated carbocycles. The van der Waals surface area contributed by atoms with Crippen molar-refractivity contribution in [1.29, 1.82) is 0 Å². The van der Waals surface area contributed by atoms with E-state index in [0.717, 1.165) is 11.4 Å². The number of carbonyl (C=O) groups excluding carboxylic acids is 1. The van der Waals surface area contributed by atoms with Crippen LogP contribution in [0.5, 0.6) is 5.75 Å². The number of hydrogen-bond acceptors (Lipinski definition) is 3. The molecule has 1 unspecified atom stereocenters. The van der Waals surface area contributed by atoms with Crippen LogP contribution in [0.25, 0.3) is 0 Å². The summed E-state index contributed by atoms with van der Waals surface area (Å²) >= 11 is 22.5. The number of amides is 1. The van der Waals surface area contributed by atoms with E-state index in [1.807, 2.05) is 0 Å². The molecule has 0 aliphatic heterocycles. The fourth-order valence-corrected chi connectivity index (χ4v) is 1.94. The average molecular weight is 371 g/mol. The number of alkyl halides is 3. The first kappa shape index (κ1) is 18.1. The normalized spacial score (nSPS) is 12.2. The van der Waals surface area contributed by atoms with Crippen molar-refractivity contribution in [2.24, 2.45) is 0 Å². The Hall–Kier alpha value is -0.950. The zero-order valence-electron chi connectivity index (χ0n) is 11.2. The molecular formula is C12H14Cl3N3O2S. The van der Waals surface area contributed by atoms with Gasteiger partial charge < -0.3 is 20.7 Å². The molecule has 21 heavy (non-hydrogen) atoms. The summed E-state index contributed by atoms with van der Waals surface area (Å²) in [4.78, 5) is 11.1. The van der Waals surface area contributed by atoms with Gasteiger partial charge in [-0.1, -0.05) is 34.8 Å². The predicted molar refractivity (Wildman–Crippen MR) is 90.2 cm³/mol. The van der Waals surface area contributed by atoms with Crippen LogP contribution in [-0.2, 0) is 4.79 Å². The molecule has 0 aliphatic carbocycles. The number of hydrogen-bond donors (Lipinski definition) is 3. The van der Waals surface area contributed by atoms with Crippen LogP contribution in [0.15, 0.2) is 24.3 Å². The topological polar surface area (TPSA) is 62.4 Å². The summed E-state index contributed by atoms with van der Waals surface area (Å²) in [6, 6.07) is 7.08. The van der Waals surface area contributed by atoms with E-state index in [9.17, 15) is 4.79 Å². The molecule has 9 heteroatoms. The highest BCUT2D eigenvalue weighted by molar-refractivity contribution is 7.80. The number of nitrogens with one attached hydrogen (secondary N) is 3. The Bertz CT molecular complexity index is 505. The minimum atomic E-state index is -1.75. The van der Waals surface area contributed by atoms with Crippen molar-refractivity contribution < 1.29 is 9.53 Å². The molecule has 0 aromatic heterocycles. The maximum Gasteiger partial charge on any atom is 0.228 e. The van der Waals surface area contributed by atoms with Gasteiger partial charge in [0, 0.05) is 12.6 Å². The van der Waals surface area contributed by atoms with Gasteiger partial charge in [-0.15, -0.1) is 0 Å². The molecule has 0 bridgehead atoms. The van der Waals surface area contributed by atoms with Gasteiger partial charge >= 0.3 is 0 Å². The second kappa shape index (κ2) is 7.89. The summed E-state index contributed by atoms with van der Waals surface area (Å²) in [5, 5.41) is 8.29. The van der Waals surface area contributed by atoms with Gasteiger partial charge in [-0.25, -0.2) is 0 Å². The Kier molecular flexibility index (Phi) is 6.80. The van der Waals surface area contributed by atoms with Gasteiger partial charge in [-0.05, 0) is 36.5 Å². The van der Waals surface area contributed by atoms with Crippen LogP contribution in [0.4, 0.5) is 5.69 Å². The monoisotopic (exact) mass is 369 g/mol. The van der Waals surface area contributed by atoms with Crippen LogP contribution in [0.2, 0.25) is 0 Å². The van der Waals surface area contributed by atoms with E-state index in [2.05, 4.69) is 16.0 Å². The quantitative estimate of drug-likeness (QED) is 0.432. The number of benzene rings is 1. The molecule has 0 aliphatic rings. The molecule has 0 spiro atoms. The Morgan fingerprint density at radius 2 is 1.81 bits per heavy atom. The molecule has 0 radical (unpaired) electrons. The maximum atomic E-state index is 11.1. The van der Waals surface area contributed by atoms with Crippen molar-refractivity contribution in [2.75, 3.05) is 12.4 Å². The molecule has 116 valence electrons. The SMILES string of the molecule is COc1ccc(NC(=S)NC(NC(C)=O)C(Cl)(Cl)Cl)cc1. The third-order valence-corrected chi connectivity index (χ3v) is 3.17. The molecule has 0 saturated heterocycles. The lowest BCUT2D eigenvalue weighted by molar-refractivity contribution is -0.119. The minimum absolute atomic E-state index is 0.199. The summed E-state index contributed by atoms with van der Waals surface area (Å²) in [5.41, 5.74) is 0.721. The Morgan fingerprint density at radius 1 is 1.24 bits per heavy atom. The second-order valence-electron chi connectivity index (χ2n) is 4.00. The van der Waals surface area contributed by atoms with E-state index >= 15 is 0 Å². The van der Waals surface area contributed by atoms with Gasteiger partial charge in [-0.2, -0.15) is 0 Å². The molecule has 1 aromatic carbocycles. The van der Waals surface area contributed by atoms with E-state index in [0.29, 0.717) is 0 Å². The van der Waals surface area contributed by atoms with Crippen molar-refractivity contribution in [2.45, 2.75) is 16.9 Å². The molecule has 5 nitrogen and oxygen atoms in total. The molecule has 3 N–H and O–H groups in total. The van der Waals surface area contributed by atoms with Gasteiger partial charge in [-0.3, -0.25) is 4.79 Å². The van der Waals surface area contributed by atoms with E-state index in [4.69, 9.17) is 51.8 Å². The minimum Gasteiger partial charge on any atom is -0.497 e. The molecule has 0 fully saturated rings. The summed E-state index contributed by atoms with van der Waals surface area (Å²) < 4.78 is 3.30. The van der Waals surface area contributed by atoms with Crippen molar-refractivity contribution in [3.8, 4) is 5.75 Å². The van der Waals surface area contributed by atoms with Crippen molar-refractivity contribution in [1.82, 2.24) is 10.6 Å². The van der Waals surface area contributed by atoms with Gasteiger partial charge in [0.1, 0.15) is 11.9 Å². The van der Waals surface area contributed by atoms with Crippen LogP contribution in [-0.4, -0.2) is 28.1 Å². The number of halogens is 3. The largest absolute Gasteiger partial charge is 0.497 e. The lowest BCUT2D eigenvalue weighted by atomic mass is 10.3. The van der Waals surface area contributed by atoms with E-state index in [-0.39, 0.29) is 11.0 Å². The first-order chi connectivity index (χ1) is 9.72. The lowest BCUT2D eigenvalue weighted by Crippen LogP contribution is -2.55. The van der Waals surface area contributed by atoms with Crippen molar-refractivity contribution in [3.63, 3.8) is 0 Å². The zero-order chi connectivity index (χ0) is 16.0. The Morgan fingerprint density at radius 3 is 2.24 bits per heavy atom. The number of ether oxygens (including phenoxy) is 1. The number of carbonyl (C=O) groups is 1. The molecule has 0 heterocycles. The van der Waals surface area contributed by atoms with Gasteiger partial charge in [0.15, 0.2) is 5.11 Å².